The van der Waals surface area contributed by atoms with Gasteiger partial charge in [-0.3, -0.25) is 4.79 Å². The summed E-state index contributed by atoms with van der Waals surface area (Å²) in [4.78, 5) is 22.9. The number of benzene rings is 2. The SMILES string of the molecule is CC(=O)NCc1ccc(C(=O)OCc2ccccc2OC(F)F)cc1. The zero-order valence-corrected chi connectivity index (χ0v) is 13.5. The van der Waals surface area contributed by atoms with Crippen LogP contribution in [0, 0.1) is 0 Å². The number of para-hydroxylation sites is 1. The molecule has 0 spiro atoms. The number of hydrogen-bond donors (Lipinski definition) is 1. The minimum atomic E-state index is -2.95. The monoisotopic (exact) mass is 349 g/mol. The molecule has 1 amide bonds. The normalized spacial score (nSPS) is 10.4. The summed E-state index contributed by atoms with van der Waals surface area (Å²) in [5.74, 6) is -0.762. The molecule has 0 aliphatic carbocycles. The van der Waals surface area contributed by atoms with E-state index in [1.807, 2.05) is 0 Å². The minimum absolute atomic E-state index is 0.0315. The van der Waals surface area contributed by atoms with Gasteiger partial charge < -0.3 is 14.8 Å². The van der Waals surface area contributed by atoms with E-state index in [4.69, 9.17) is 4.74 Å². The predicted octanol–water partition coefficient (Wildman–Crippen LogP) is 3.28. The highest BCUT2D eigenvalue weighted by Gasteiger charge is 2.12. The summed E-state index contributed by atoms with van der Waals surface area (Å²) in [6.45, 7) is -1.35. The molecule has 2 aromatic carbocycles. The van der Waals surface area contributed by atoms with Gasteiger partial charge in [0.05, 0.1) is 5.56 Å². The van der Waals surface area contributed by atoms with Gasteiger partial charge in [-0.15, -0.1) is 0 Å². The van der Waals surface area contributed by atoms with Crippen molar-refractivity contribution in [2.24, 2.45) is 0 Å². The Morgan fingerprint density at radius 1 is 1.08 bits per heavy atom. The van der Waals surface area contributed by atoms with Gasteiger partial charge in [-0.25, -0.2) is 4.79 Å². The molecule has 0 aromatic heterocycles. The van der Waals surface area contributed by atoms with E-state index in [0.29, 0.717) is 17.7 Å². The molecule has 0 saturated heterocycles. The van der Waals surface area contributed by atoms with E-state index in [1.54, 1.807) is 42.5 Å². The van der Waals surface area contributed by atoms with Crippen molar-refractivity contribution >= 4 is 11.9 Å². The number of nitrogens with one attached hydrogen (secondary N) is 1. The van der Waals surface area contributed by atoms with Gasteiger partial charge >= 0.3 is 12.6 Å². The van der Waals surface area contributed by atoms with Crippen LogP contribution in [-0.4, -0.2) is 18.5 Å². The smallest absolute Gasteiger partial charge is 0.387 e. The van der Waals surface area contributed by atoms with E-state index in [2.05, 4.69) is 10.1 Å². The molecule has 5 nitrogen and oxygen atoms in total. The van der Waals surface area contributed by atoms with Gasteiger partial charge in [0.25, 0.3) is 0 Å². The summed E-state index contributed by atoms with van der Waals surface area (Å²) >= 11 is 0. The predicted molar refractivity (Wildman–Crippen MR) is 86.2 cm³/mol. The number of ether oxygens (including phenoxy) is 2. The first kappa shape index (κ1) is 18.4. The van der Waals surface area contributed by atoms with Gasteiger partial charge in [0.15, 0.2) is 0 Å². The summed E-state index contributed by atoms with van der Waals surface area (Å²) in [5.41, 5.74) is 1.50. The number of alkyl halides is 2. The molecule has 0 aliphatic heterocycles. The van der Waals surface area contributed by atoms with Crippen LogP contribution in [0.2, 0.25) is 0 Å². The third kappa shape index (κ3) is 5.87. The molecule has 0 fully saturated rings. The van der Waals surface area contributed by atoms with Crippen LogP contribution in [-0.2, 0) is 22.7 Å². The Kier molecular flexibility index (Phi) is 6.45. The lowest BCUT2D eigenvalue weighted by Crippen LogP contribution is -2.18. The van der Waals surface area contributed by atoms with Crippen LogP contribution in [0.5, 0.6) is 5.75 Å². The molecular formula is C18H17F2NO4. The van der Waals surface area contributed by atoms with Crippen molar-refractivity contribution in [2.45, 2.75) is 26.7 Å². The Morgan fingerprint density at radius 2 is 1.76 bits per heavy atom. The number of rotatable bonds is 7. The summed E-state index contributed by atoms with van der Waals surface area (Å²) in [6.07, 6.45) is 0. The summed E-state index contributed by atoms with van der Waals surface area (Å²) in [5, 5.41) is 2.65. The summed E-state index contributed by atoms with van der Waals surface area (Å²) in [7, 11) is 0. The van der Waals surface area contributed by atoms with Gasteiger partial charge in [-0.05, 0) is 23.8 Å². The molecule has 0 bridgehead atoms. The Balaban J connectivity index is 1.95. The van der Waals surface area contributed by atoms with E-state index in [1.165, 1.54) is 13.0 Å². The third-order valence-corrected chi connectivity index (χ3v) is 3.28. The minimum Gasteiger partial charge on any atom is -0.457 e. The van der Waals surface area contributed by atoms with Crippen LogP contribution < -0.4 is 10.1 Å². The van der Waals surface area contributed by atoms with Gasteiger partial charge in [-0.2, -0.15) is 8.78 Å². The topological polar surface area (TPSA) is 64.6 Å². The van der Waals surface area contributed by atoms with Crippen LogP contribution >= 0.6 is 0 Å². The quantitative estimate of drug-likeness (QED) is 0.779. The van der Waals surface area contributed by atoms with Crippen LogP contribution in [0.15, 0.2) is 48.5 Å². The summed E-state index contributed by atoms with van der Waals surface area (Å²) in [6, 6.07) is 12.6. The van der Waals surface area contributed by atoms with Crippen molar-refractivity contribution in [2.75, 3.05) is 0 Å². The highest BCUT2D eigenvalue weighted by Crippen LogP contribution is 2.21. The fraction of sp³-hybridized carbons (Fsp3) is 0.222. The number of hydrogen-bond acceptors (Lipinski definition) is 4. The molecule has 0 saturated carbocycles. The van der Waals surface area contributed by atoms with Gasteiger partial charge in [0.2, 0.25) is 5.91 Å². The number of carbonyl (C=O) groups is 2. The molecule has 1 N–H and O–H groups in total. The molecule has 2 rings (SSSR count). The second-order valence-corrected chi connectivity index (χ2v) is 5.17. The molecule has 25 heavy (non-hydrogen) atoms. The van der Waals surface area contributed by atoms with E-state index < -0.39 is 12.6 Å². The average Bonchev–Trinajstić information content (AvgIpc) is 2.59. The molecule has 0 aliphatic rings. The Bertz CT molecular complexity index is 732. The van der Waals surface area contributed by atoms with E-state index in [9.17, 15) is 18.4 Å². The number of amides is 1. The maximum absolute atomic E-state index is 12.4. The number of carbonyl (C=O) groups excluding carboxylic acids is 2. The van der Waals surface area contributed by atoms with Crippen molar-refractivity contribution in [1.29, 1.82) is 0 Å². The molecule has 132 valence electrons. The van der Waals surface area contributed by atoms with Crippen LogP contribution in [0.1, 0.15) is 28.4 Å². The lowest BCUT2D eigenvalue weighted by atomic mass is 10.1. The fourth-order valence-corrected chi connectivity index (χ4v) is 2.05. The van der Waals surface area contributed by atoms with E-state index >= 15 is 0 Å². The molecule has 0 heterocycles. The fourth-order valence-electron chi connectivity index (χ4n) is 2.05. The molecule has 0 unspecified atom stereocenters. The molecule has 7 heteroatoms. The van der Waals surface area contributed by atoms with Crippen LogP contribution in [0.4, 0.5) is 8.78 Å². The van der Waals surface area contributed by atoms with E-state index in [-0.39, 0.29) is 18.3 Å². The molecular weight excluding hydrogens is 332 g/mol. The molecule has 0 radical (unpaired) electrons. The first-order chi connectivity index (χ1) is 12.0. The van der Waals surface area contributed by atoms with Gasteiger partial charge in [0, 0.05) is 19.0 Å². The van der Waals surface area contributed by atoms with Crippen LogP contribution in [0.25, 0.3) is 0 Å². The molecule has 2 aromatic rings. The third-order valence-electron chi connectivity index (χ3n) is 3.28. The summed E-state index contributed by atoms with van der Waals surface area (Å²) < 4.78 is 34.2. The maximum atomic E-state index is 12.4. The maximum Gasteiger partial charge on any atom is 0.387 e. The lowest BCUT2D eigenvalue weighted by molar-refractivity contribution is -0.119. The Hall–Kier alpha value is -2.96. The number of esters is 1. The second-order valence-electron chi connectivity index (χ2n) is 5.17. The highest BCUT2D eigenvalue weighted by molar-refractivity contribution is 5.89. The zero-order chi connectivity index (χ0) is 18.2. The Labute approximate surface area is 143 Å². The van der Waals surface area contributed by atoms with Crippen molar-refractivity contribution in [3.63, 3.8) is 0 Å². The van der Waals surface area contributed by atoms with Crippen molar-refractivity contribution in [1.82, 2.24) is 5.32 Å². The largest absolute Gasteiger partial charge is 0.457 e. The van der Waals surface area contributed by atoms with Crippen molar-refractivity contribution in [3.8, 4) is 5.75 Å². The van der Waals surface area contributed by atoms with Crippen molar-refractivity contribution in [3.05, 3.63) is 65.2 Å². The first-order valence-electron chi connectivity index (χ1n) is 7.49. The zero-order valence-electron chi connectivity index (χ0n) is 13.5. The van der Waals surface area contributed by atoms with Crippen molar-refractivity contribution < 1.29 is 27.8 Å². The number of halogens is 2. The van der Waals surface area contributed by atoms with Crippen LogP contribution in [0.3, 0.4) is 0 Å². The van der Waals surface area contributed by atoms with Gasteiger partial charge in [-0.1, -0.05) is 30.3 Å². The Morgan fingerprint density at radius 3 is 2.40 bits per heavy atom. The molecule has 0 atom stereocenters. The first-order valence-corrected chi connectivity index (χ1v) is 7.49. The highest BCUT2D eigenvalue weighted by atomic mass is 19.3. The van der Waals surface area contributed by atoms with Gasteiger partial charge in [0.1, 0.15) is 12.4 Å². The standard InChI is InChI=1S/C18H17F2NO4/c1-12(22)21-10-13-6-8-14(9-7-13)17(23)24-11-15-4-2-3-5-16(15)25-18(19)20/h2-9,18H,10-11H2,1H3,(H,21,22). The lowest BCUT2D eigenvalue weighted by Gasteiger charge is -2.11. The van der Waals surface area contributed by atoms with E-state index in [0.717, 1.165) is 5.56 Å². The average molecular weight is 349 g/mol. The second kappa shape index (κ2) is 8.77.